The third-order valence-electron chi connectivity index (χ3n) is 3.66. The van der Waals surface area contributed by atoms with E-state index < -0.39 is 0 Å². The van der Waals surface area contributed by atoms with Crippen molar-refractivity contribution in [1.82, 2.24) is 10.2 Å². The van der Waals surface area contributed by atoms with Gasteiger partial charge in [-0.2, -0.15) is 0 Å². The van der Waals surface area contributed by atoms with Crippen LogP contribution in [0.5, 0.6) is 0 Å². The van der Waals surface area contributed by atoms with E-state index in [1.165, 1.54) is 32.5 Å². The summed E-state index contributed by atoms with van der Waals surface area (Å²) >= 11 is 0. The van der Waals surface area contributed by atoms with Crippen molar-refractivity contribution in [2.24, 2.45) is 11.8 Å². The van der Waals surface area contributed by atoms with Gasteiger partial charge in [0.1, 0.15) is 0 Å². The molecule has 96 valence electrons. The maximum Gasteiger partial charge on any atom is 0.0169 e. The number of hydrogen-bond acceptors (Lipinski definition) is 2. The average molecular weight is 226 g/mol. The Balaban J connectivity index is 2.29. The second kappa shape index (κ2) is 6.61. The van der Waals surface area contributed by atoms with Crippen molar-refractivity contribution in [3.8, 4) is 0 Å². The topological polar surface area (TPSA) is 15.3 Å². The van der Waals surface area contributed by atoms with Crippen LogP contribution in [0.3, 0.4) is 0 Å². The van der Waals surface area contributed by atoms with Crippen molar-refractivity contribution in [1.29, 1.82) is 0 Å². The summed E-state index contributed by atoms with van der Waals surface area (Å²) in [5, 5.41) is 3.66. The molecular formula is C14H30N2. The molecule has 1 aliphatic heterocycles. The molecule has 0 aliphatic carbocycles. The van der Waals surface area contributed by atoms with Gasteiger partial charge < -0.3 is 10.2 Å². The summed E-state index contributed by atoms with van der Waals surface area (Å²) in [6.07, 6.45) is 2.63. The molecule has 0 aromatic heterocycles. The number of hydrogen-bond donors (Lipinski definition) is 1. The molecule has 2 heteroatoms. The summed E-state index contributed by atoms with van der Waals surface area (Å²) in [7, 11) is 0. The fourth-order valence-electron chi connectivity index (χ4n) is 2.98. The highest BCUT2D eigenvalue weighted by molar-refractivity contribution is 4.78. The lowest BCUT2D eigenvalue weighted by molar-refractivity contribution is 0.129. The van der Waals surface area contributed by atoms with Crippen molar-refractivity contribution < 1.29 is 0 Å². The molecule has 1 fully saturated rings. The molecule has 1 N–H and O–H groups in total. The van der Waals surface area contributed by atoms with Crippen LogP contribution in [-0.4, -0.2) is 36.6 Å². The Hall–Kier alpha value is -0.0800. The zero-order valence-electron chi connectivity index (χ0n) is 11.8. The number of nitrogens with zero attached hydrogens (tertiary/aromatic N) is 1. The molecule has 4 atom stereocenters. The first-order chi connectivity index (χ1) is 7.51. The molecule has 0 aromatic rings. The minimum Gasteiger partial charge on any atom is -0.311 e. The van der Waals surface area contributed by atoms with E-state index in [4.69, 9.17) is 0 Å². The maximum atomic E-state index is 3.66. The van der Waals surface area contributed by atoms with E-state index in [1.54, 1.807) is 0 Å². The molecule has 0 amide bonds. The van der Waals surface area contributed by atoms with Crippen LogP contribution in [0.1, 0.15) is 47.5 Å². The summed E-state index contributed by atoms with van der Waals surface area (Å²) < 4.78 is 0. The Morgan fingerprint density at radius 3 is 2.19 bits per heavy atom. The molecular weight excluding hydrogens is 196 g/mol. The quantitative estimate of drug-likeness (QED) is 0.775. The monoisotopic (exact) mass is 226 g/mol. The van der Waals surface area contributed by atoms with Crippen molar-refractivity contribution in [2.75, 3.05) is 19.6 Å². The lowest BCUT2D eigenvalue weighted by Crippen LogP contribution is -2.47. The van der Waals surface area contributed by atoms with E-state index in [2.05, 4.69) is 44.8 Å². The summed E-state index contributed by atoms with van der Waals surface area (Å²) in [4.78, 5) is 2.64. The van der Waals surface area contributed by atoms with Crippen LogP contribution in [0.15, 0.2) is 0 Å². The van der Waals surface area contributed by atoms with Crippen LogP contribution in [-0.2, 0) is 0 Å². The lowest BCUT2D eigenvalue weighted by Gasteiger charge is -2.37. The minimum absolute atomic E-state index is 0.618. The highest BCUT2D eigenvalue weighted by atomic mass is 15.2. The fraction of sp³-hybridized carbons (Fsp3) is 1.00. The lowest BCUT2D eigenvalue weighted by atomic mass is 9.91. The van der Waals surface area contributed by atoms with Gasteiger partial charge in [-0.25, -0.2) is 0 Å². The van der Waals surface area contributed by atoms with Gasteiger partial charge in [0.05, 0.1) is 0 Å². The summed E-state index contributed by atoms with van der Waals surface area (Å²) in [6, 6.07) is 1.27. The molecule has 4 unspecified atom stereocenters. The number of nitrogens with one attached hydrogen (secondary N) is 1. The molecule has 0 bridgehead atoms. The SMILES string of the molecule is CCC(C)NC(C)CN1CC(C)CC(C)C1. The van der Waals surface area contributed by atoms with Crippen LogP contribution in [0.2, 0.25) is 0 Å². The van der Waals surface area contributed by atoms with Crippen molar-refractivity contribution in [2.45, 2.75) is 59.5 Å². The third-order valence-corrected chi connectivity index (χ3v) is 3.66. The second-order valence-electron chi connectivity index (χ2n) is 6.04. The fourth-order valence-corrected chi connectivity index (χ4v) is 2.98. The van der Waals surface area contributed by atoms with Gasteiger partial charge in [-0.15, -0.1) is 0 Å². The molecule has 0 saturated carbocycles. The average Bonchev–Trinajstić information content (AvgIpc) is 2.15. The first-order valence-electron chi connectivity index (χ1n) is 6.99. The van der Waals surface area contributed by atoms with E-state index in [0.717, 1.165) is 11.8 Å². The Labute approximate surface area is 102 Å². The third kappa shape index (κ3) is 4.84. The Morgan fingerprint density at radius 2 is 1.69 bits per heavy atom. The van der Waals surface area contributed by atoms with Crippen LogP contribution < -0.4 is 5.32 Å². The van der Waals surface area contributed by atoms with E-state index in [1.807, 2.05) is 0 Å². The van der Waals surface area contributed by atoms with E-state index in [0.29, 0.717) is 12.1 Å². The van der Waals surface area contributed by atoms with Gasteiger partial charge in [0.2, 0.25) is 0 Å². The van der Waals surface area contributed by atoms with E-state index in [-0.39, 0.29) is 0 Å². The molecule has 16 heavy (non-hydrogen) atoms. The predicted octanol–water partition coefficient (Wildman–Crippen LogP) is 2.74. The van der Waals surface area contributed by atoms with Gasteiger partial charge in [0.15, 0.2) is 0 Å². The highest BCUT2D eigenvalue weighted by Gasteiger charge is 2.22. The molecule has 1 saturated heterocycles. The normalized spacial score (nSPS) is 31.3. The Morgan fingerprint density at radius 1 is 1.12 bits per heavy atom. The van der Waals surface area contributed by atoms with E-state index >= 15 is 0 Å². The van der Waals surface area contributed by atoms with Crippen LogP contribution in [0.25, 0.3) is 0 Å². The number of likely N-dealkylation sites (tertiary alicyclic amines) is 1. The minimum atomic E-state index is 0.618. The second-order valence-corrected chi connectivity index (χ2v) is 6.04. The molecule has 0 aromatic carbocycles. The van der Waals surface area contributed by atoms with Gasteiger partial charge in [-0.05, 0) is 38.5 Å². The highest BCUT2D eigenvalue weighted by Crippen LogP contribution is 2.20. The first-order valence-corrected chi connectivity index (χ1v) is 6.99. The van der Waals surface area contributed by atoms with Gasteiger partial charge in [-0.1, -0.05) is 20.8 Å². The summed E-state index contributed by atoms with van der Waals surface area (Å²) in [5.74, 6) is 1.75. The number of piperidine rings is 1. The number of rotatable bonds is 5. The van der Waals surface area contributed by atoms with Gasteiger partial charge >= 0.3 is 0 Å². The largest absolute Gasteiger partial charge is 0.311 e. The van der Waals surface area contributed by atoms with Gasteiger partial charge in [0, 0.05) is 31.7 Å². The van der Waals surface area contributed by atoms with Crippen LogP contribution in [0, 0.1) is 11.8 Å². The van der Waals surface area contributed by atoms with Crippen LogP contribution in [0.4, 0.5) is 0 Å². The standard InChI is InChI=1S/C14H30N2/c1-6-13(4)15-14(5)10-16-8-11(2)7-12(3)9-16/h11-15H,6-10H2,1-5H3. The van der Waals surface area contributed by atoms with Gasteiger partial charge in [0.25, 0.3) is 0 Å². The van der Waals surface area contributed by atoms with Crippen molar-refractivity contribution >= 4 is 0 Å². The molecule has 1 aliphatic rings. The molecule has 0 radical (unpaired) electrons. The zero-order valence-corrected chi connectivity index (χ0v) is 11.8. The molecule has 1 rings (SSSR count). The van der Waals surface area contributed by atoms with Crippen molar-refractivity contribution in [3.63, 3.8) is 0 Å². The molecule has 0 spiro atoms. The maximum absolute atomic E-state index is 3.66. The predicted molar refractivity (Wildman–Crippen MR) is 71.7 cm³/mol. The summed E-state index contributed by atoms with van der Waals surface area (Å²) in [6.45, 7) is 15.4. The smallest absolute Gasteiger partial charge is 0.0169 e. The first kappa shape index (κ1) is 14.0. The van der Waals surface area contributed by atoms with Crippen LogP contribution >= 0.6 is 0 Å². The zero-order chi connectivity index (χ0) is 12.1. The Bertz CT molecular complexity index is 183. The summed E-state index contributed by atoms with van der Waals surface area (Å²) in [5.41, 5.74) is 0. The van der Waals surface area contributed by atoms with Crippen molar-refractivity contribution in [3.05, 3.63) is 0 Å². The van der Waals surface area contributed by atoms with Gasteiger partial charge in [-0.3, -0.25) is 0 Å². The molecule has 1 heterocycles. The molecule has 2 nitrogen and oxygen atoms in total. The Kier molecular flexibility index (Phi) is 5.77. The van der Waals surface area contributed by atoms with E-state index in [9.17, 15) is 0 Å².